The number of hydrogen-bond acceptors (Lipinski definition) is 5. The van der Waals surface area contributed by atoms with Crippen molar-refractivity contribution < 1.29 is 16.8 Å². The molecule has 8 heteroatoms. The van der Waals surface area contributed by atoms with E-state index in [0.29, 0.717) is 25.4 Å². The van der Waals surface area contributed by atoms with Crippen LogP contribution >= 0.6 is 0 Å². The summed E-state index contributed by atoms with van der Waals surface area (Å²) in [6.45, 7) is 1.16. The van der Waals surface area contributed by atoms with E-state index >= 15 is 0 Å². The zero-order chi connectivity index (χ0) is 13.9. The maximum atomic E-state index is 12.1. The summed E-state index contributed by atoms with van der Waals surface area (Å²) < 4.78 is 48.5. The molecule has 1 aliphatic carbocycles. The fraction of sp³-hybridized carbons (Fsp3) is 1.00. The Labute approximate surface area is 115 Å². The van der Waals surface area contributed by atoms with Crippen LogP contribution in [-0.4, -0.2) is 64.1 Å². The molecule has 0 unspecified atom stereocenters. The zero-order valence-corrected chi connectivity index (χ0v) is 12.7. The van der Waals surface area contributed by atoms with Crippen molar-refractivity contribution in [1.29, 1.82) is 0 Å². The highest BCUT2D eigenvalue weighted by Gasteiger charge is 2.27. The van der Waals surface area contributed by atoms with Crippen molar-refractivity contribution in [2.75, 3.05) is 36.9 Å². The minimum Gasteiger partial charge on any atom is -0.314 e. The van der Waals surface area contributed by atoms with E-state index in [0.717, 1.165) is 6.54 Å². The van der Waals surface area contributed by atoms with Crippen molar-refractivity contribution in [3.63, 3.8) is 0 Å². The molecular formula is C11H22N2O4S2. The summed E-state index contributed by atoms with van der Waals surface area (Å²) in [5.74, 6) is 0.154. The van der Waals surface area contributed by atoms with Crippen molar-refractivity contribution in [1.82, 2.24) is 9.62 Å². The topological polar surface area (TPSA) is 83.6 Å². The first-order chi connectivity index (χ1) is 8.89. The van der Waals surface area contributed by atoms with Crippen molar-refractivity contribution in [3.05, 3.63) is 0 Å². The van der Waals surface area contributed by atoms with Gasteiger partial charge in [0.05, 0.1) is 17.3 Å². The van der Waals surface area contributed by atoms with Gasteiger partial charge >= 0.3 is 0 Å². The van der Waals surface area contributed by atoms with Crippen LogP contribution in [0.5, 0.6) is 0 Å². The first kappa shape index (κ1) is 15.2. The van der Waals surface area contributed by atoms with Crippen LogP contribution in [0.3, 0.4) is 0 Å². The first-order valence-corrected chi connectivity index (χ1v) is 10.2. The van der Waals surface area contributed by atoms with E-state index in [9.17, 15) is 16.8 Å². The molecule has 0 aromatic heterocycles. The summed E-state index contributed by atoms with van der Waals surface area (Å²) >= 11 is 0. The quantitative estimate of drug-likeness (QED) is 0.674. The maximum Gasteiger partial charge on any atom is 0.214 e. The van der Waals surface area contributed by atoms with E-state index < -0.39 is 19.9 Å². The number of rotatable bonds is 6. The number of nitrogens with one attached hydrogen (secondary N) is 1. The lowest BCUT2D eigenvalue weighted by molar-refractivity contribution is 0.433. The van der Waals surface area contributed by atoms with Gasteiger partial charge in [0, 0.05) is 19.1 Å². The Morgan fingerprint density at radius 1 is 1.16 bits per heavy atom. The van der Waals surface area contributed by atoms with Crippen LogP contribution in [0.1, 0.15) is 25.7 Å². The molecule has 0 bridgehead atoms. The van der Waals surface area contributed by atoms with Gasteiger partial charge in [-0.3, -0.25) is 0 Å². The molecule has 0 atom stereocenters. The average molecular weight is 310 g/mol. The van der Waals surface area contributed by atoms with Crippen LogP contribution in [0, 0.1) is 0 Å². The van der Waals surface area contributed by atoms with Gasteiger partial charge in [-0.25, -0.2) is 21.1 Å². The van der Waals surface area contributed by atoms with Gasteiger partial charge in [0.15, 0.2) is 9.84 Å². The monoisotopic (exact) mass is 310 g/mol. The highest BCUT2D eigenvalue weighted by molar-refractivity contribution is 7.91. The fourth-order valence-electron chi connectivity index (χ4n) is 2.17. The normalized spacial score (nSPS) is 25.1. The van der Waals surface area contributed by atoms with Crippen LogP contribution in [0.15, 0.2) is 0 Å². The molecule has 1 saturated carbocycles. The number of nitrogens with zero attached hydrogens (tertiary/aromatic N) is 1. The second kappa shape index (κ2) is 6.07. The van der Waals surface area contributed by atoms with E-state index in [2.05, 4.69) is 5.32 Å². The molecule has 0 aromatic rings. The van der Waals surface area contributed by atoms with Gasteiger partial charge in [-0.15, -0.1) is 0 Å². The van der Waals surface area contributed by atoms with E-state index in [1.807, 2.05) is 0 Å². The highest BCUT2D eigenvalue weighted by atomic mass is 32.2. The maximum absolute atomic E-state index is 12.1. The summed E-state index contributed by atoms with van der Waals surface area (Å²) in [4.78, 5) is 0. The summed E-state index contributed by atoms with van der Waals surface area (Å²) in [6.07, 6.45) is 3.37. The molecular weight excluding hydrogens is 288 g/mol. The molecule has 0 amide bonds. The van der Waals surface area contributed by atoms with Crippen LogP contribution in [0.25, 0.3) is 0 Å². The smallest absolute Gasteiger partial charge is 0.214 e. The lowest BCUT2D eigenvalue weighted by Crippen LogP contribution is -2.36. The minimum atomic E-state index is -3.31. The Morgan fingerprint density at radius 2 is 1.89 bits per heavy atom. The van der Waals surface area contributed by atoms with E-state index in [4.69, 9.17) is 0 Å². The van der Waals surface area contributed by atoms with E-state index in [1.165, 1.54) is 17.1 Å². The number of hydrogen-bond donors (Lipinski definition) is 1. The predicted octanol–water partition coefficient (Wildman–Crippen LogP) is -0.421. The van der Waals surface area contributed by atoms with Gasteiger partial charge in [0.2, 0.25) is 10.0 Å². The third kappa shape index (κ3) is 5.02. The van der Waals surface area contributed by atoms with Gasteiger partial charge in [-0.05, 0) is 32.2 Å². The van der Waals surface area contributed by atoms with Crippen molar-refractivity contribution in [2.45, 2.75) is 31.7 Å². The van der Waals surface area contributed by atoms with E-state index in [1.54, 1.807) is 0 Å². The lowest BCUT2D eigenvalue weighted by atomic mass is 10.5. The summed E-state index contributed by atoms with van der Waals surface area (Å²) in [6, 6.07) is 0.589. The van der Waals surface area contributed by atoms with Gasteiger partial charge in [-0.1, -0.05) is 0 Å². The largest absolute Gasteiger partial charge is 0.314 e. The summed E-state index contributed by atoms with van der Waals surface area (Å²) in [5, 5.41) is 3.28. The molecule has 2 fully saturated rings. The molecule has 0 aromatic carbocycles. The zero-order valence-electron chi connectivity index (χ0n) is 11.0. The first-order valence-electron chi connectivity index (χ1n) is 6.81. The van der Waals surface area contributed by atoms with Gasteiger partial charge < -0.3 is 5.32 Å². The average Bonchev–Trinajstić information content (AvgIpc) is 3.12. The summed E-state index contributed by atoms with van der Waals surface area (Å²) in [7, 11) is -6.36. The molecule has 112 valence electrons. The van der Waals surface area contributed by atoms with Crippen molar-refractivity contribution in [2.24, 2.45) is 0 Å². The molecule has 1 heterocycles. The van der Waals surface area contributed by atoms with Crippen LogP contribution in [0.4, 0.5) is 0 Å². The number of sulfone groups is 1. The Balaban J connectivity index is 1.80. The molecule has 2 aliphatic rings. The van der Waals surface area contributed by atoms with Gasteiger partial charge in [0.1, 0.15) is 0 Å². The van der Waals surface area contributed by atoms with Gasteiger partial charge in [-0.2, -0.15) is 0 Å². The number of sulfonamides is 1. The molecule has 1 aliphatic heterocycles. The predicted molar refractivity (Wildman–Crippen MR) is 74.3 cm³/mol. The molecule has 0 spiro atoms. The highest BCUT2D eigenvalue weighted by Crippen LogP contribution is 2.18. The van der Waals surface area contributed by atoms with E-state index in [-0.39, 0.29) is 23.8 Å². The lowest BCUT2D eigenvalue weighted by Gasteiger charge is -2.19. The third-order valence-electron chi connectivity index (χ3n) is 3.50. The molecule has 1 N–H and O–H groups in total. The third-order valence-corrected chi connectivity index (χ3v) is 7.17. The molecule has 2 rings (SSSR count). The molecule has 19 heavy (non-hydrogen) atoms. The fourth-order valence-corrected chi connectivity index (χ4v) is 5.10. The molecule has 0 radical (unpaired) electrons. The molecule has 6 nitrogen and oxygen atoms in total. The Bertz CT molecular complexity index is 497. The van der Waals surface area contributed by atoms with Crippen molar-refractivity contribution >= 4 is 19.9 Å². The second-order valence-corrected chi connectivity index (χ2v) is 9.69. The standard InChI is InChI=1S/C11H22N2O4S2/c14-18(15)8-2-6-13(7-10-18)19(16,17)9-1-5-12-11-3-4-11/h11-12H,1-10H2. The summed E-state index contributed by atoms with van der Waals surface area (Å²) in [5.41, 5.74) is 0. The Hall–Kier alpha value is -0.180. The Morgan fingerprint density at radius 3 is 2.58 bits per heavy atom. The second-order valence-electron chi connectivity index (χ2n) is 5.30. The van der Waals surface area contributed by atoms with Crippen molar-refractivity contribution in [3.8, 4) is 0 Å². The molecule has 1 saturated heterocycles. The van der Waals surface area contributed by atoms with Crippen LogP contribution in [0.2, 0.25) is 0 Å². The minimum absolute atomic E-state index is 0.0491. The van der Waals surface area contributed by atoms with Crippen LogP contribution in [-0.2, 0) is 19.9 Å². The SMILES string of the molecule is O=S1(=O)CCCN(S(=O)(=O)CCCNC2CC2)CC1. The van der Waals surface area contributed by atoms with Gasteiger partial charge in [0.25, 0.3) is 0 Å². The van der Waals surface area contributed by atoms with Crippen LogP contribution < -0.4 is 5.32 Å². The Kier molecular flexibility index (Phi) is 4.86.